The molecule has 0 aromatic carbocycles. The van der Waals surface area contributed by atoms with E-state index < -0.39 is 0 Å². The van der Waals surface area contributed by atoms with Crippen molar-refractivity contribution >= 4 is 0 Å². The summed E-state index contributed by atoms with van der Waals surface area (Å²) in [5, 5.41) is 12.9. The molecule has 1 aliphatic rings. The summed E-state index contributed by atoms with van der Waals surface area (Å²) in [4.78, 5) is 18.6. The molecule has 0 radical (unpaired) electrons. The molecule has 4 heterocycles. The third kappa shape index (κ3) is 4.30. The van der Waals surface area contributed by atoms with Crippen molar-refractivity contribution in [2.24, 2.45) is 5.92 Å². The van der Waals surface area contributed by atoms with Gasteiger partial charge in [-0.05, 0) is 50.4 Å². The lowest BCUT2D eigenvalue weighted by Gasteiger charge is -2.31. The molecule has 142 valence electrons. The molecule has 4 rings (SSSR count). The van der Waals surface area contributed by atoms with E-state index in [1.807, 2.05) is 10.9 Å². The minimum Gasteiger partial charge on any atom is -0.301 e. The summed E-state index contributed by atoms with van der Waals surface area (Å²) in [6.45, 7) is 6.72. The summed E-state index contributed by atoms with van der Waals surface area (Å²) in [6.07, 6.45) is 9.14. The summed E-state index contributed by atoms with van der Waals surface area (Å²) >= 11 is 0. The van der Waals surface area contributed by atoms with Gasteiger partial charge in [-0.2, -0.15) is 10.2 Å². The maximum Gasteiger partial charge on any atom is 0.266 e. The Morgan fingerprint density at radius 2 is 2.00 bits per heavy atom. The van der Waals surface area contributed by atoms with Crippen LogP contribution in [0.15, 0.2) is 42.0 Å². The largest absolute Gasteiger partial charge is 0.301 e. The molecule has 0 atom stereocenters. The van der Waals surface area contributed by atoms with Gasteiger partial charge < -0.3 is 4.90 Å². The summed E-state index contributed by atoms with van der Waals surface area (Å²) in [7, 11) is 0. The van der Waals surface area contributed by atoms with Crippen molar-refractivity contribution in [3.63, 3.8) is 0 Å². The summed E-state index contributed by atoms with van der Waals surface area (Å²) in [6, 6.07) is 3.22. The Kier molecular flexibility index (Phi) is 5.10. The molecule has 9 heteroatoms. The quantitative estimate of drug-likeness (QED) is 0.638. The standard InChI is InChI=1S/C18H24N8O/c1-15-10-20-24(11-15)9-8-23-6-4-16(5-7-23)12-25-18(27)3-2-17(22-25)26-14-19-13-21-26/h2-3,10-11,13-14,16H,4-9,12H2,1H3. The highest BCUT2D eigenvalue weighted by atomic mass is 16.1. The molecule has 1 fully saturated rings. The molecule has 27 heavy (non-hydrogen) atoms. The average molecular weight is 368 g/mol. The Balaban J connectivity index is 1.31. The summed E-state index contributed by atoms with van der Waals surface area (Å²) in [5.41, 5.74) is 1.12. The van der Waals surface area contributed by atoms with Crippen LogP contribution in [0.5, 0.6) is 0 Å². The van der Waals surface area contributed by atoms with Gasteiger partial charge in [0.1, 0.15) is 12.7 Å². The maximum atomic E-state index is 12.2. The second-order valence-corrected chi connectivity index (χ2v) is 7.12. The molecule has 0 bridgehead atoms. The van der Waals surface area contributed by atoms with Gasteiger partial charge in [0.2, 0.25) is 0 Å². The van der Waals surface area contributed by atoms with Crippen molar-refractivity contribution in [2.75, 3.05) is 19.6 Å². The van der Waals surface area contributed by atoms with Crippen molar-refractivity contribution in [3.05, 3.63) is 53.1 Å². The van der Waals surface area contributed by atoms with Crippen molar-refractivity contribution in [3.8, 4) is 5.82 Å². The highest BCUT2D eigenvalue weighted by molar-refractivity contribution is 5.16. The fraction of sp³-hybridized carbons (Fsp3) is 0.500. The normalized spacial score (nSPS) is 16.0. The van der Waals surface area contributed by atoms with E-state index in [9.17, 15) is 4.79 Å². The number of nitrogens with zero attached hydrogens (tertiary/aromatic N) is 8. The molecule has 0 spiro atoms. The topological polar surface area (TPSA) is 86.7 Å². The van der Waals surface area contributed by atoms with Crippen LogP contribution in [0.25, 0.3) is 5.82 Å². The number of aromatic nitrogens is 7. The van der Waals surface area contributed by atoms with Crippen LogP contribution in [0, 0.1) is 12.8 Å². The third-order valence-electron chi connectivity index (χ3n) is 5.05. The first-order valence-corrected chi connectivity index (χ1v) is 9.32. The van der Waals surface area contributed by atoms with Crippen LogP contribution in [0.2, 0.25) is 0 Å². The Bertz CT molecular complexity index is 921. The van der Waals surface area contributed by atoms with Gasteiger partial charge in [-0.1, -0.05) is 0 Å². The Labute approximate surface area is 157 Å². The Morgan fingerprint density at radius 1 is 1.15 bits per heavy atom. The fourth-order valence-electron chi connectivity index (χ4n) is 3.49. The van der Waals surface area contributed by atoms with E-state index in [1.165, 1.54) is 11.9 Å². The molecule has 0 saturated carbocycles. The summed E-state index contributed by atoms with van der Waals surface area (Å²) < 4.78 is 5.12. The fourth-order valence-corrected chi connectivity index (χ4v) is 3.49. The predicted octanol–water partition coefficient (Wildman–Crippen LogP) is 0.741. The zero-order valence-electron chi connectivity index (χ0n) is 15.5. The van der Waals surface area contributed by atoms with Crippen LogP contribution in [0.4, 0.5) is 0 Å². The van der Waals surface area contributed by atoms with Gasteiger partial charge in [0.05, 0.1) is 12.7 Å². The number of rotatable bonds is 6. The SMILES string of the molecule is Cc1cnn(CCN2CCC(Cn3nc(-n4cncn4)ccc3=O)CC2)c1. The molecule has 9 nitrogen and oxygen atoms in total. The van der Waals surface area contributed by atoms with Gasteiger partial charge in [0.25, 0.3) is 5.56 Å². The van der Waals surface area contributed by atoms with Gasteiger partial charge in [-0.25, -0.2) is 14.3 Å². The van der Waals surface area contributed by atoms with Crippen LogP contribution in [-0.2, 0) is 13.1 Å². The molecular weight excluding hydrogens is 344 g/mol. The molecule has 3 aromatic heterocycles. The molecule has 0 aliphatic carbocycles. The van der Waals surface area contributed by atoms with E-state index in [0.717, 1.165) is 39.0 Å². The molecular formula is C18H24N8O. The van der Waals surface area contributed by atoms with Crippen molar-refractivity contribution in [1.29, 1.82) is 0 Å². The number of hydrogen-bond acceptors (Lipinski definition) is 6. The first-order valence-electron chi connectivity index (χ1n) is 9.32. The first kappa shape index (κ1) is 17.6. The Hall–Kier alpha value is -2.81. The van der Waals surface area contributed by atoms with E-state index in [-0.39, 0.29) is 5.56 Å². The minimum absolute atomic E-state index is 0.0738. The number of piperidine rings is 1. The van der Waals surface area contributed by atoms with E-state index in [0.29, 0.717) is 18.3 Å². The van der Waals surface area contributed by atoms with Crippen LogP contribution >= 0.6 is 0 Å². The van der Waals surface area contributed by atoms with Crippen molar-refractivity contribution in [2.45, 2.75) is 32.9 Å². The van der Waals surface area contributed by atoms with Gasteiger partial charge in [-0.15, -0.1) is 5.10 Å². The van der Waals surface area contributed by atoms with E-state index in [2.05, 4.69) is 38.3 Å². The Morgan fingerprint density at radius 3 is 2.70 bits per heavy atom. The number of aryl methyl sites for hydroxylation is 1. The first-order chi connectivity index (χ1) is 13.2. The smallest absolute Gasteiger partial charge is 0.266 e. The highest BCUT2D eigenvalue weighted by Crippen LogP contribution is 2.18. The number of hydrogen-bond donors (Lipinski definition) is 0. The molecule has 0 amide bonds. The molecule has 3 aromatic rings. The third-order valence-corrected chi connectivity index (χ3v) is 5.05. The van der Waals surface area contributed by atoms with E-state index in [1.54, 1.807) is 27.8 Å². The zero-order chi connectivity index (χ0) is 18.6. The summed E-state index contributed by atoms with van der Waals surface area (Å²) in [5.74, 6) is 1.07. The van der Waals surface area contributed by atoms with Gasteiger partial charge in [0, 0.05) is 25.4 Å². The van der Waals surface area contributed by atoms with Gasteiger partial charge >= 0.3 is 0 Å². The van der Waals surface area contributed by atoms with Crippen LogP contribution in [-0.4, -0.2) is 58.9 Å². The molecule has 1 aliphatic heterocycles. The highest BCUT2D eigenvalue weighted by Gasteiger charge is 2.20. The van der Waals surface area contributed by atoms with Gasteiger partial charge in [-0.3, -0.25) is 9.48 Å². The predicted molar refractivity (Wildman–Crippen MR) is 99.5 cm³/mol. The lowest BCUT2D eigenvalue weighted by atomic mass is 9.97. The minimum atomic E-state index is -0.0738. The van der Waals surface area contributed by atoms with Crippen LogP contribution in [0.3, 0.4) is 0 Å². The van der Waals surface area contributed by atoms with Crippen molar-refractivity contribution < 1.29 is 0 Å². The zero-order valence-corrected chi connectivity index (χ0v) is 15.5. The molecule has 0 unspecified atom stereocenters. The van der Waals surface area contributed by atoms with Crippen molar-refractivity contribution in [1.82, 2.24) is 39.2 Å². The second kappa shape index (κ2) is 7.83. The second-order valence-electron chi connectivity index (χ2n) is 7.12. The van der Waals surface area contributed by atoms with E-state index >= 15 is 0 Å². The lowest BCUT2D eigenvalue weighted by molar-refractivity contribution is 0.163. The molecule has 0 N–H and O–H groups in total. The maximum absolute atomic E-state index is 12.2. The van der Waals surface area contributed by atoms with Crippen LogP contribution < -0.4 is 5.56 Å². The lowest BCUT2D eigenvalue weighted by Crippen LogP contribution is -2.38. The van der Waals surface area contributed by atoms with Gasteiger partial charge in [0.15, 0.2) is 5.82 Å². The molecule has 1 saturated heterocycles. The van der Waals surface area contributed by atoms with E-state index in [4.69, 9.17) is 0 Å². The van der Waals surface area contributed by atoms with Crippen LogP contribution in [0.1, 0.15) is 18.4 Å². The monoisotopic (exact) mass is 368 g/mol. The average Bonchev–Trinajstić information content (AvgIpc) is 3.35. The number of likely N-dealkylation sites (tertiary alicyclic amines) is 1.